The third-order valence-electron chi connectivity index (χ3n) is 4.96. The van der Waals surface area contributed by atoms with Gasteiger partial charge in [0, 0.05) is 48.1 Å². The second kappa shape index (κ2) is 9.21. The van der Waals surface area contributed by atoms with E-state index in [1.807, 2.05) is 30.3 Å². The monoisotopic (exact) mass is 426 g/mol. The van der Waals surface area contributed by atoms with Gasteiger partial charge in [0.1, 0.15) is 5.03 Å². The van der Waals surface area contributed by atoms with Gasteiger partial charge in [0.05, 0.1) is 0 Å². The number of nitrogens with zero attached hydrogens (tertiary/aromatic N) is 3. The van der Waals surface area contributed by atoms with Gasteiger partial charge >= 0.3 is 0 Å². The van der Waals surface area contributed by atoms with Crippen LogP contribution in [0.1, 0.15) is 12.8 Å². The summed E-state index contributed by atoms with van der Waals surface area (Å²) in [5.74, 6) is -1.48. The molecule has 1 amide bonds. The van der Waals surface area contributed by atoms with Crippen LogP contribution in [0.2, 0.25) is 0 Å². The molecule has 5 nitrogen and oxygen atoms in total. The Hall–Kier alpha value is -3.00. The lowest BCUT2D eigenvalue weighted by Gasteiger charge is -2.32. The number of rotatable bonds is 5. The van der Waals surface area contributed by atoms with Crippen molar-refractivity contribution in [1.82, 2.24) is 9.97 Å². The van der Waals surface area contributed by atoms with Crippen LogP contribution in [0, 0.1) is 17.6 Å². The standard InChI is InChI=1S/C22H20F2N4OS/c23-18-7-6-16(14-19(18)24)27-21(29)15-8-12-28(13-9-15)20-22(26-11-10-25-20)30-17-4-2-1-3-5-17/h1-7,10-11,14-15H,8-9,12-13H2,(H,27,29). The fourth-order valence-corrected chi connectivity index (χ4v) is 4.28. The van der Waals surface area contributed by atoms with Crippen LogP contribution in [0.15, 0.2) is 70.8 Å². The third kappa shape index (κ3) is 4.76. The van der Waals surface area contributed by atoms with Crippen molar-refractivity contribution in [3.63, 3.8) is 0 Å². The molecule has 154 valence electrons. The minimum Gasteiger partial charge on any atom is -0.354 e. The topological polar surface area (TPSA) is 58.1 Å². The summed E-state index contributed by atoms with van der Waals surface area (Å²) >= 11 is 1.56. The molecule has 1 aliphatic rings. The van der Waals surface area contributed by atoms with Gasteiger partial charge in [0.25, 0.3) is 0 Å². The lowest BCUT2D eigenvalue weighted by atomic mass is 9.96. The number of anilines is 2. The molecule has 8 heteroatoms. The van der Waals surface area contributed by atoms with E-state index in [9.17, 15) is 13.6 Å². The summed E-state index contributed by atoms with van der Waals surface area (Å²) < 4.78 is 26.4. The van der Waals surface area contributed by atoms with E-state index in [0.717, 1.165) is 27.9 Å². The van der Waals surface area contributed by atoms with Gasteiger partial charge in [-0.05, 0) is 37.1 Å². The highest BCUT2D eigenvalue weighted by molar-refractivity contribution is 7.99. The number of carbonyl (C=O) groups is 1. The third-order valence-corrected chi connectivity index (χ3v) is 5.95. The van der Waals surface area contributed by atoms with Crippen molar-refractivity contribution >= 4 is 29.2 Å². The van der Waals surface area contributed by atoms with Crippen LogP contribution in [0.4, 0.5) is 20.3 Å². The molecule has 2 aromatic carbocycles. The van der Waals surface area contributed by atoms with E-state index in [2.05, 4.69) is 20.2 Å². The van der Waals surface area contributed by atoms with Crippen molar-refractivity contribution < 1.29 is 13.6 Å². The lowest BCUT2D eigenvalue weighted by molar-refractivity contribution is -0.120. The first-order chi connectivity index (χ1) is 14.6. The Morgan fingerprint density at radius 2 is 1.73 bits per heavy atom. The maximum absolute atomic E-state index is 13.4. The van der Waals surface area contributed by atoms with E-state index in [1.54, 1.807) is 24.2 Å². The van der Waals surface area contributed by atoms with E-state index in [1.165, 1.54) is 6.07 Å². The Morgan fingerprint density at radius 1 is 1.00 bits per heavy atom. The summed E-state index contributed by atoms with van der Waals surface area (Å²) in [4.78, 5) is 24.8. The van der Waals surface area contributed by atoms with Gasteiger partial charge in [-0.15, -0.1) is 0 Å². The second-order valence-corrected chi connectivity index (χ2v) is 8.04. The van der Waals surface area contributed by atoms with Crippen molar-refractivity contribution in [3.8, 4) is 0 Å². The van der Waals surface area contributed by atoms with Crippen LogP contribution in [-0.2, 0) is 4.79 Å². The van der Waals surface area contributed by atoms with Crippen LogP contribution >= 0.6 is 11.8 Å². The number of hydrogen-bond donors (Lipinski definition) is 1. The Bertz CT molecular complexity index is 1030. The van der Waals surface area contributed by atoms with E-state index in [0.29, 0.717) is 25.9 Å². The summed E-state index contributed by atoms with van der Waals surface area (Å²) in [6.45, 7) is 1.33. The lowest BCUT2D eigenvalue weighted by Crippen LogP contribution is -2.38. The number of carbonyl (C=O) groups excluding carboxylic acids is 1. The maximum Gasteiger partial charge on any atom is 0.227 e. The molecule has 4 rings (SSSR count). The molecule has 0 radical (unpaired) electrons. The first kappa shape index (κ1) is 20.3. The summed E-state index contributed by atoms with van der Waals surface area (Å²) in [5.41, 5.74) is 0.261. The van der Waals surface area contributed by atoms with Gasteiger partial charge in [-0.1, -0.05) is 30.0 Å². The molecule has 0 unspecified atom stereocenters. The summed E-state index contributed by atoms with van der Waals surface area (Å²) in [6, 6.07) is 13.3. The highest BCUT2D eigenvalue weighted by Crippen LogP contribution is 2.33. The summed E-state index contributed by atoms with van der Waals surface area (Å²) in [5, 5.41) is 3.51. The van der Waals surface area contributed by atoms with Crippen molar-refractivity contribution in [2.75, 3.05) is 23.3 Å². The smallest absolute Gasteiger partial charge is 0.227 e. The normalized spacial score (nSPS) is 14.5. The Labute approximate surface area is 177 Å². The van der Waals surface area contributed by atoms with E-state index in [-0.39, 0.29) is 17.5 Å². The van der Waals surface area contributed by atoms with Gasteiger partial charge in [-0.3, -0.25) is 4.79 Å². The van der Waals surface area contributed by atoms with Gasteiger partial charge < -0.3 is 10.2 Å². The molecule has 0 atom stereocenters. The maximum atomic E-state index is 13.4. The van der Waals surface area contributed by atoms with Crippen molar-refractivity contribution in [3.05, 3.63) is 72.6 Å². The second-order valence-electron chi connectivity index (χ2n) is 6.98. The number of amides is 1. The van der Waals surface area contributed by atoms with E-state index >= 15 is 0 Å². The molecular weight excluding hydrogens is 406 g/mol. The van der Waals surface area contributed by atoms with Gasteiger partial charge in [-0.25, -0.2) is 18.7 Å². The molecule has 3 aromatic rings. The number of halogens is 2. The van der Waals surface area contributed by atoms with Crippen LogP contribution in [0.25, 0.3) is 0 Å². The van der Waals surface area contributed by atoms with Crippen molar-refractivity contribution in [1.29, 1.82) is 0 Å². The first-order valence-corrected chi connectivity index (χ1v) is 10.5. The number of hydrogen-bond acceptors (Lipinski definition) is 5. The first-order valence-electron chi connectivity index (χ1n) is 9.65. The van der Waals surface area contributed by atoms with E-state index < -0.39 is 11.6 Å². The minimum atomic E-state index is -0.978. The van der Waals surface area contributed by atoms with Gasteiger partial charge in [-0.2, -0.15) is 0 Å². The van der Waals surface area contributed by atoms with Crippen LogP contribution in [-0.4, -0.2) is 29.0 Å². The quantitative estimate of drug-likeness (QED) is 0.637. The fraction of sp³-hybridized carbons (Fsp3) is 0.227. The average molecular weight is 426 g/mol. The molecule has 0 saturated carbocycles. The van der Waals surface area contributed by atoms with Crippen LogP contribution in [0.3, 0.4) is 0 Å². The number of nitrogens with one attached hydrogen (secondary N) is 1. The molecule has 0 spiro atoms. The predicted molar refractivity (Wildman–Crippen MR) is 113 cm³/mol. The zero-order valence-corrected chi connectivity index (χ0v) is 16.9. The summed E-state index contributed by atoms with van der Waals surface area (Å²) in [7, 11) is 0. The molecule has 2 heterocycles. The zero-order chi connectivity index (χ0) is 20.9. The SMILES string of the molecule is O=C(Nc1ccc(F)c(F)c1)C1CCN(c2nccnc2Sc2ccccc2)CC1. The van der Waals surface area contributed by atoms with Crippen molar-refractivity contribution in [2.45, 2.75) is 22.8 Å². The number of aromatic nitrogens is 2. The minimum absolute atomic E-state index is 0.182. The average Bonchev–Trinajstić information content (AvgIpc) is 2.77. The number of benzene rings is 2. The highest BCUT2D eigenvalue weighted by atomic mass is 32.2. The molecule has 30 heavy (non-hydrogen) atoms. The zero-order valence-electron chi connectivity index (χ0n) is 16.1. The molecular formula is C22H20F2N4OS. The Morgan fingerprint density at radius 3 is 2.47 bits per heavy atom. The summed E-state index contributed by atoms with van der Waals surface area (Å²) in [6.07, 6.45) is 4.63. The van der Waals surface area contributed by atoms with Gasteiger partial charge in [0.2, 0.25) is 5.91 Å². The van der Waals surface area contributed by atoms with E-state index in [4.69, 9.17) is 0 Å². The molecule has 0 aliphatic carbocycles. The van der Waals surface area contributed by atoms with Crippen LogP contribution in [0.5, 0.6) is 0 Å². The highest BCUT2D eigenvalue weighted by Gasteiger charge is 2.27. The molecule has 1 fully saturated rings. The van der Waals surface area contributed by atoms with Crippen LogP contribution < -0.4 is 10.2 Å². The fourth-order valence-electron chi connectivity index (χ4n) is 3.38. The molecule has 0 bridgehead atoms. The Balaban J connectivity index is 1.39. The molecule has 1 aromatic heterocycles. The molecule has 1 saturated heterocycles. The largest absolute Gasteiger partial charge is 0.354 e. The number of piperidine rings is 1. The predicted octanol–water partition coefficient (Wildman–Crippen LogP) is 4.76. The molecule has 1 aliphatic heterocycles. The van der Waals surface area contributed by atoms with Crippen molar-refractivity contribution in [2.24, 2.45) is 5.92 Å². The Kier molecular flexibility index (Phi) is 6.23. The van der Waals surface area contributed by atoms with Gasteiger partial charge in [0.15, 0.2) is 17.5 Å². The molecule has 1 N–H and O–H groups in total.